The summed E-state index contributed by atoms with van der Waals surface area (Å²) in [6.07, 6.45) is 7.58. The Kier molecular flexibility index (Phi) is 6.60. The molecule has 0 aliphatic heterocycles. The molecule has 0 radical (unpaired) electrons. The standard InChI is InChI=1S/C13H23ClN2O/c1-3-5-6-7-8-12(17)13-11(14)10-15-16(13)9-4-2/h10,12,17H,3-9H2,1-2H3. The summed E-state index contributed by atoms with van der Waals surface area (Å²) in [5.74, 6) is 0. The van der Waals surface area contributed by atoms with Crippen molar-refractivity contribution in [3.8, 4) is 0 Å². The maximum Gasteiger partial charge on any atom is 0.0971 e. The predicted octanol–water partition coefficient (Wildman–Crippen LogP) is 3.95. The summed E-state index contributed by atoms with van der Waals surface area (Å²) in [7, 11) is 0. The number of aliphatic hydroxyl groups excluding tert-OH is 1. The maximum atomic E-state index is 10.2. The molecule has 0 aliphatic carbocycles. The molecule has 0 saturated heterocycles. The second kappa shape index (κ2) is 7.72. The lowest BCUT2D eigenvalue weighted by Gasteiger charge is -2.13. The van der Waals surface area contributed by atoms with Crippen LogP contribution in [-0.2, 0) is 6.54 Å². The predicted molar refractivity (Wildman–Crippen MR) is 71.2 cm³/mol. The van der Waals surface area contributed by atoms with Crippen LogP contribution in [0.3, 0.4) is 0 Å². The van der Waals surface area contributed by atoms with Crippen LogP contribution in [0.4, 0.5) is 0 Å². The van der Waals surface area contributed by atoms with Gasteiger partial charge in [0.2, 0.25) is 0 Å². The van der Waals surface area contributed by atoms with Gasteiger partial charge in [-0.1, -0.05) is 51.1 Å². The average Bonchev–Trinajstić information content (AvgIpc) is 2.66. The van der Waals surface area contributed by atoms with Gasteiger partial charge in [0, 0.05) is 6.54 Å². The summed E-state index contributed by atoms with van der Waals surface area (Å²) in [6.45, 7) is 5.09. The van der Waals surface area contributed by atoms with Crippen LogP contribution >= 0.6 is 11.6 Å². The minimum Gasteiger partial charge on any atom is -0.387 e. The molecular weight excluding hydrogens is 236 g/mol. The smallest absolute Gasteiger partial charge is 0.0971 e. The van der Waals surface area contributed by atoms with Gasteiger partial charge in [-0.25, -0.2) is 0 Å². The van der Waals surface area contributed by atoms with Crippen LogP contribution in [0.2, 0.25) is 5.02 Å². The van der Waals surface area contributed by atoms with Gasteiger partial charge in [-0.15, -0.1) is 0 Å². The minimum absolute atomic E-state index is 0.478. The number of aliphatic hydroxyl groups is 1. The van der Waals surface area contributed by atoms with Crippen molar-refractivity contribution < 1.29 is 5.11 Å². The van der Waals surface area contributed by atoms with E-state index < -0.39 is 6.10 Å². The van der Waals surface area contributed by atoms with Crippen LogP contribution in [-0.4, -0.2) is 14.9 Å². The Morgan fingerprint density at radius 3 is 2.71 bits per heavy atom. The van der Waals surface area contributed by atoms with Crippen molar-refractivity contribution in [3.63, 3.8) is 0 Å². The molecule has 0 bridgehead atoms. The third kappa shape index (κ3) is 4.32. The van der Waals surface area contributed by atoms with E-state index in [1.54, 1.807) is 6.20 Å². The van der Waals surface area contributed by atoms with E-state index in [4.69, 9.17) is 11.6 Å². The summed E-state index contributed by atoms with van der Waals surface area (Å²) < 4.78 is 1.83. The molecule has 0 saturated carbocycles. The van der Waals surface area contributed by atoms with Gasteiger partial charge in [0.1, 0.15) is 0 Å². The quantitative estimate of drug-likeness (QED) is 0.717. The first-order valence-electron chi connectivity index (χ1n) is 6.60. The molecule has 1 heterocycles. The number of rotatable bonds is 8. The van der Waals surface area contributed by atoms with Gasteiger partial charge in [0.25, 0.3) is 0 Å². The maximum absolute atomic E-state index is 10.2. The first kappa shape index (κ1) is 14.5. The Hall–Kier alpha value is -0.540. The molecule has 0 aliphatic rings. The van der Waals surface area contributed by atoms with Crippen molar-refractivity contribution in [3.05, 3.63) is 16.9 Å². The highest BCUT2D eigenvalue weighted by molar-refractivity contribution is 6.31. The highest BCUT2D eigenvalue weighted by Gasteiger charge is 2.17. The van der Waals surface area contributed by atoms with E-state index in [9.17, 15) is 5.11 Å². The summed E-state index contributed by atoms with van der Waals surface area (Å²) in [6, 6.07) is 0. The topological polar surface area (TPSA) is 38.1 Å². The monoisotopic (exact) mass is 258 g/mol. The second-order valence-electron chi connectivity index (χ2n) is 4.47. The van der Waals surface area contributed by atoms with Crippen LogP contribution in [0.1, 0.15) is 64.2 Å². The number of nitrogens with zero attached hydrogens (tertiary/aromatic N) is 2. The summed E-state index contributed by atoms with van der Waals surface area (Å²) >= 11 is 6.07. The number of halogens is 1. The fourth-order valence-corrected chi connectivity index (χ4v) is 2.26. The summed E-state index contributed by atoms with van der Waals surface area (Å²) in [5, 5.41) is 14.9. The number of hydrogen-bond donors (Lipinski definition) is 1. The normalized spacial score (nSPS) is 12.9. The fraction of sp³-hybridized carbons (Fsp3) is 0.769. The molecule has 4 heteroatoms. The first-order valence-corrected chi connectivity index (χ1v) is 6.97. The van der Waals surface area contributed by atoms with Crippen LogP contribution in [0.15, 0.2) is 6.20 Å². The van der Waals surface area contributed by atoms with E-state index in [2.05, 4.69) is 18.9 Å². The molecule has 3 nitrogen and oxygen atoms in total. The Balaban J connectivity index is 2.54. The van der Waals surface area contributed by atoms with Gasteiger partial charge in [-0.3, -0.25) is 4.68 Å². The number of aryl methyl sites for hydroxylation is 1. The zero-order chi connectivity index (χ0) is 12.7. The number of unbranched alkanes of at least 4 members (excludes halogenated alkanes) is 3. The van der Waals surface area contributed by atoms with E-state index in [1.165, 1.54) is 19.3 Å². The van der Waals surface area contributed by atoms with Gasteiger partial charge in [0.05, 0.1) is 23.0 Å². The molecule has 1 aromatic heterocycles. The van der Waals surface area contributed by atoms with E-state index >= 15 is 0 Å². The zero-order valence-electron chi connectivity index (χ0n) is 10.8. The van der Waals surface area contributed by atoms with Gasteiger partial charge in [-0.05, 0) is 12.8 Å². The lowest BCUT2D eigenvalue weighted by molar-refractivity contribution is 0.152. The third-order valence-corrected chi connectivity index (χ3v) is 3.21. The molecule has 1 unspecified atom stereocenters. The SMILES string of the molecule is CCCCCCC(O)c1c(Cl)cnn1CCC. The Bertz CT molecular complexity index is 325. The second-order valence-corrected chi connectivity index (χ2v) is 4.87. The number of aromatic nitrogens is 2. The zero-order valence-corrected chi connectivity index (χ0v) is 11.6. The van der Waals surface area contributed by atoms with Crippen molar-refractivity contribution in [2.24, 2.45) is 0 Å². The summed E-state index contributed by atoms with van der Waals surface area (Å²) in [4.78, 5) is 0. The lowest BCUT2D eigenvalue weighted by Crippen LogP contribution is -2.09. The molecule has 1 N–H and O–H groups in total. The lowest BCUT2D eigenvalue weighted by atomic mass is 10.1. The highest BCUT2D eigenvalue weighted by atomic mass is 35.5. The van der Waals surface area contributed by atoms with Crippen molar-refractivity contribution in [1.82, 2.24) is 9.78 Å². The van der Waals surface area contributed by atoms with E-state index in [0.29, 0.717) is 5.02 Å². The van der Waals surface area contributed by atoms with Crippen LogP contribution in [0.25, 0.3) is 0 Å². The third-order valence-electron chi connectivity index (χ3n) is 2.92. The Morgan fingerprint density at radius 1 is 1.29 bits per heavy atom. The van der Waals surface area contributed by atoms with Crippen LogP contribution in [0.5, 0.6) is 0 Å². The van der Waals surface area contributed by atoms with Crippen molar-refractivity contribution in [1.29, 1.82) is 0 Å². The van der Waals surface area contributed by atoms with Gasteiger partial charge < -0.3 is 5.11 Å². The molecule has 1 aromatic rings. The Morgan fingerprint density at radius 2 is 2.06 bits per heavy atom. The molecule has 0 amide bonds. The largest absolute Gasteiger partial charge is 0.387 e. The van der Waals surface area contributed by atoms with E-state index in [-0.39, 0.29) is 0 Å². The molecule has 1 rings (SSSR count). The molecule has 1 atom stereocenters. The highest BCUT2D eigenvalue weighted by Crippen LogP contribution is 2.26. The molecule has 98 valence electrons. The number of hydrogen-bond acceptors (Lipinski definition) is 2. The molecule has 0 fully saturated rings. The van der Waals surface area contributed by atoms with E-state index in [1.807, 2.05) is 4.68 Å². The average molecular weight is 259 g/mol. The van der Waals surface area contributed by atoms with Crippen molar-refractivity contribution in [2.75, 3.05) is 0 Å². The summed E-state index contributed by atoms with van der Waals surface area (Å²) in [5.41, 5.74) is 0.782. The minimum atomic E-state index is -0.478. The molecule has 17 heavy (non-hydrogen) atoms. The molecule has 0 spiro atoms. The molecule has 0 aromatic carbocycles. The van der Waals surface area contributed by atoms with Gasteiger partial charge >= 0.3 is 0 Å². The molecular formula is C13H23ClN2O. The van der Waals surface area contributed by atoms with Crippen LogP contribution in [0, 0.1) is 0 Å². The fourth-order valence-electron chi connectivity index (χ4n) is 1.99. The van der Waals surface area contributed by atoms with Gasteiger partial charge in [0.15, 0.2) is 0 Å². The van der Waals surface area contributed by atoms with Crippen molar-refractivity contribution in [2.45, 2.75) is 65.0 Å². The van der Waals surface area contributed by atoms with Crippen molar-refractivity contribution >= 4 is 11.6 Å². The Labute approximate surface area is 109 Å². The van der Waals surface area contributed by atoms with Crippen LogP contribution < -0.4 is 0 Å². The first-order chi connectivity index (χ1) is 8.20. The van der Waals surface area contributed by atoms with Gasteiger partial charge in [-0.2, -0.15) is 5.10 Å². The van der Waals surface area contributed by atoms with E-state index in [0.717, 1.165) is 31.5 Å².